The minimum atomic E-state index is -0.397. The van der Waals surface area contributed by atoms with Crippen LogP contribution in [0.25, 0.3) is 0 Å². The molecule has 7 nitrogen and oxygen atoms in total. The molecule has 0 saturated heterocycles. The standard InChI is InChI=1S/C29H23N3O4/c33-27(31-17-21-9-6-11-24(15-21)36-19-23-10-4-5-14-30-23)22-12-13-25-26(16-22)29(35)32(28(25)34)18-20-7-2-1-3-8-20/h1-16H,17-19H2,(H,31,33). The Morgan fingerprint density at radius 1 is 0.806 bits per heavy atom. The van der Waals surface area contributed by atoms with Crippen LogP contribution in [0, 0.1) is 0 Å². The number of hydrogen-bond donors (Lipinski definition) is 1. The van der Waals surface area contributed by atoms with E-state index in [9.17, 15) is 14.4 Å². The van der Waals surface area contributed by atoms with E-state index < -0.39 is 5.91 Å². The average Bonchev–Trinajstić information content (AvgIpc) is 3.16. The zero-order chi connectivity index (χ0) is 24.9. The van der Waals surface area contributed by atoms with Gasteiger partial charge in [0.25, 0.3) is 17.7 Å². The van der Waals surface area contributed by atoms with Crippen LogP contribution in [-0.2, 0) is 19.7 Å². The molecule has 7 heteroatoms. The fraction of sp³-hybridized carbons (Fsp3) is 0.103. The first-order valence-electron chi connectivity index (χ1n) is 11.5. The molecule has 0 saturated carbocycles. The Balaban J connectivity index is 1.22. The number of imide groups is 1. The van der Waals surface area contributed by atoms with Crippen molar-refractivity contribution < 1.29 is 19.1 Å². The first kappa shape index (κ1) is 23.0. The van der Waals surface area contributed by atoms with Crippen LogP contribution in [0.2, 0.25) is 0 Å². The number of ether oxygens (including phenoxy) is 1. The molecule has 1 aromatic heterocycles. The Morgan fingerprint density at radius 2 is 1.58 bits per heavy atom. The highest BCUT2D eigenvalue weighted by Crippen LogP contribution is 2.26. The molecule has 2 heterocycles. The average molecular weight is 478 g/mol. The van der Waals surface area contributed by atoms with Crippen LogP contribution in [-0.4, -0.2) is 27.6 Å². The minimum Gasteiger partial charge on any atom is -0.487 e. The van der Waals surface area contributed by atoms with Gasteiger partial charge in [-0.05, 0) is 53.6 Å². The van der Waals surface area contributed by atoms with Crippen molar-refractivity contribution in [2.24, 2.45) is 0 Å². The van der Waals surface area contributed by atoms with Crippen LogP contribution in [0.4, 0.5) is 0 Å². The van der Waals surface area contributed by atoms with Gasteiger partial charge in [-0.2, -0.15) is 0 Å². The quantitative estimate of drug-likeness (QED) is 0.381. The van der Waals surface area contributed by atoms with Crippen molar-refractivity contribution in [1.82, 2.24) is 15.2 Å². The van der Waals surface area contributed by atoms with Crippen LogP contribution < -0.4 is 10.1 Å². The minimum absolute atomic E-state index is 0.188. The van der Waals surface area contributed by atoms with E-state index in [2.05, 4.69) is 10.3 Å². The Labute approximate surface area is 208 Å². The van der Waals surface area contributed by atoms with E-state index in [0.717, 1.165) is 16.8 Å². The lowest BCUT2D eigenvalue weighted by Crippen LogP contribution is -2.29. The van der Waals surface area contributed by atoms with Gasteiger partial charge < -0.3 is 10.1 Å². The van der Waals surface area contributed by atoms with Crippen molar-refractivity contribution in [1.29, 1.82) is 0 Å². The first-order chi connectivity index (χ1) is 17.6. The lowest BCUT2D eigenvalue weighted by molar-refractivity contribution is 0.0642. The number of nitrogens with zero attached hydrogens (tertiary/aromatic N) is 2. The Kier molecular flexibility index (Phi) is 6.53. The van der Waals surface area contributed by atoms with Gasteiger partial charge in [-0.25, -0.2) is 0 Å². The smallest absolute Gasteiger partial charge is 0.261 e. The molecular formula is C29H23N3O4. The van der Waals surface area contributed by atoms with Gasteiger partial charge in [0.05, 0.1) is 23.4 Å². The van der Waals surface area contributed by atoms with Crippen molar-refractivity contribution in [2.75, 3.05) is 0 Å². The van der Waals surface area contributed by atoms with Crippen molar-refractivity contribution >= 4 is 17.7 Å². The molecule has 1 N–H and O–H groups in total. The van der Waals surface area contributed by atoms with E-state index in [0.29, 0.717) is 23.5 Å². The maximum atomic E-state index is 12.9. The molecule has 0 fully saturated rings. The zero-order valence-electron chi connectivity index (χ0n) is 19.4. The highest BCUT2D eigenvalue weighted by Gasteiger charge is 2.35. The van der Waals surface area contributed by atoms with Gasteiger partial charge in [-0.15, -0.1) is 0 Å². The summed E-state index contributed by atoms with van der Waals surface area (Å²) in [5, 5.41) is 2.87. The third-order valence-corrected chi connectivity index (χ3v) is 5.88. The fourth-order valence-corrected chi connectivity index (χ4v) is 4.01. The second kappa shape index (κ2) is 10.2. The summed E-state index contributed by atoms with van der Waals surface area (Å²) in [5.41, 5.74) is 3.42. The largest absolute Gasteiger partial charge is 0.487 e. The molecule has 178 valence electrons. The normalized spacial score (nSPS) is 12.4. The van der Waals surface area contributed by atoms with E-state index >= 15 is 0 Å². The topological polar surface area (TPSA) is 88.6 Å². The molecule has 0 atom stereocenters. The predicted molar refractivity (Wildman–Crippen MR) is 133 cm³/mol. The Morgan fingerprint density at radius 3 is 2.39 bits per heavy atom. The summed E-state index contributed by atoms with van der Waals surface area (Å²) in [6.45, 7) is 0.816. The predicted octanol–water partition coefficient (Wildman–Crippen LogP) is 4.39. The Hall–Kier alpha value is -4.78. The Bertz CT molecular complexity index is 1420. The van der Waals surface area contributed by atoms with Crippen molar-refractivity contribution in [2.45, 2.75) is 19.7 Å². The number of pyridine rings is 1. The van der Waals surface area contributed by atoms with Gasteiger partial charge in [0.15, 0.2) is 0 Å². The van der Waals surface area contributed by atoms with Gasteiger partial charge in [0, 0.05) is 18.3 Å². The zero-order valence-corrected chi connectivity index (χ0v) is 19.4. The maximum Gasteiger partial charge on any atom is 0.261 e. The number of carbonyl (C=O) groups is 3. The number of benzene rings is 3. The molecule has 0 unspecified atom stereocenters. The molecule has 3 amide bonds. The van der Waals surface area contributed by atoms with Crippen molar-refractivity contribution in [3.05, 3.63) is 131 Å². The van der Waals surface area contributed by atoms with Gasteiger partial charge >= 0.3 is 0 Å². The molecule has 1 aliphatic heterocycles. The lowest BCUT2D eigenvalue weighted by Gasteiger charge is -2.13. The molecule has 0 radical (unpaired) electrons. The SMILES string of the molecule is O=C(NCc1cccc(OCc2ccccn2)c1)c1ccc2c(c1)C(=O)N(Cc1ccccc1)C2=O. The molecule has 1 aliphatic rings. The molecular weight excluding hydrogens is 454 g/mol. The van der Waals surface area contributed by atoms with Crippen LogP contribution in [0.5, 0.6) is 5.75 Å². The molecule has 0 spiro atoms. The summed E-state index contributed by atoms with van der Waals surface area (Å²) >= 11 is 0. The molecule has 4 aromatic rings. The fourth-order valence-electron chi connectivity index (χ4n) is 4.01. The monoisotopic (exact) mass is 477 g/mol. The highest BCUT2D eigenvalue weighted by atomic mass is 16.5. The second-order valence-corrected chi connectivity index (χ2v) is 8.38. The number of hydrogen-bond acceptors (Lipinski definition) is 5. The number of aromatic nitrogens is 1. The van der Waals surface area contributed by atoms with E-state index in [1.807, 2.05) is 72.8 Å². The summed E-state index contributed by atoms with van der Waals surface area (Å²) in [6.07, 6.45) is 1.72. The number of fused-ring (bicyclic) bond motifs is 1. The number of rotatable bonds is 8. The van der Waals surface area contributed by atoms with Crippen LogP contribution >= 0.6 is 0 Å². The van der Waals surface area contributed by atoms with Gasteiger partial charge in [0.2, 0.25) is 0 Å². The van der Waals surface area contributed by atoms with Gasteiger partial charge in [-0.1, -0.05) is 48.5 Å². The molecule has 0 aliphatic carbocycles. The van der Waals surface area contributed by atoms with E-state index in [1.165, 1.54) is 11.0 Å². The number of carbonyl (C=O) groups excluding carboxylic acids is 3. The summed E-state index contributed by atoms with van der Waals surface area (Å²) in [4.78, 5) is 43.9. The van der Waals surface area contributed by atoms with E-state index in [4.69, 9.17) is 4.74 Å². The first-order valence-corrected chi connectivity index (χ1v) is 11.5. The molecule has 36 heavy (non-hydrogen) atoms. The van der Waals surface area contributed by atoms with Crippen molar-refractivity contribution in [3.8, 4) is 5.75 Å². The van der Waals surface area contributed by atoms with Crippen LogP contribution in [0.15, 0.2) is 97.2 Å². The van der Waals surface area contributed by atoms with Gasteiger partial charge in [-0.3, -0.25) is 24.3 Å². The summed E-state index contributed by atoms with van der Waals surface area (Å²) in [7, 11) is 0. The van der Waals surface area contributed by atoms with Crippen LogP contribution in [0.3, 0.4) is 0 Å². The third-order valence-electron chi connectivity index (χ3n) is 5.88. The summed E-state index contributed by atoms with van der Waals surface area (Å²) in [6, 6.07) is 27.0. The highest BCUT2D eigenvalue weighted by molar-refractivity contribution is 6.22. The van der Waals surface area contributed by atoms with Crippen molar-refractivity contribution in [3.63, 3.8) is 0 Å². The third kappa shape index (κ3) is 5.00. The molecule has 5 rings (SSSR count). The summed E-state index contributed by atoms with van der Waals surface area (Å²) < 4.78 is 5.80. The van der Waals surface area contributed by atoms with Crippen LogP contribution in [0.1, 0.15) is 47.9 Å². The molecule has 0 bridgehead atoms. The second-order valence-electron chi connectivity index (χ2n) is 8.38. The number of amides is 3. The van der Waals surface area contributed by atoms with E-state index in [1.54, 1.807) is 18.3 Å². The lowest BCUT2D eigenvalue weighted by atomic mass is 10.1. The molecule has 3 aromatic carbocycles. The number of nitrogens with one attached hydrogen (secondary N) is 1. The van der Waals surface area contributed by atoms with E-state index in [-0.39, 0.29) is 30.5 Å². The van der Waals surface area contributed by atoms with Gasteiger partial charge in [0.1, 0.15) is 12.4 Å². The summed E-state index contributed by atoms with van der Waals surface area (Å²) in [5.74, 6) is -0.411. The maximum absolute atomic E-state index is 12.9.